The second-order valence-electron chi connectivity index (χ2n) is 16.7. The van der Waals surface area contributed by atoms with Crippen molar-refractivity contribution in [1.29, 1.82) is 0 Å². The molecule has 0 aliphatic heterocycles. The van der Waals surface area contributed by atoms with Gasteiger partial charge in [0.05, 0.1) is 0 Å². The molecule has 0 aliphatic rings. The Balaban J connectivity index is 4.46. The molecule has 0 N–H and O–H groups in total. The molecule has 6 heteroatoms. The maximum Gasteiger partial charge on any atom is 0.306 e. The minimum atomic E-state index is -0.805. The van der Waals surface area contributed by atoms with E-state index in [1.807, 2.05) is 6.08 Å². The molecule has 0 bridgehead atoms. The Morgan fingerprint density at radius 2 is 0.689 bits per heavy atom. The van der Waals surface area contributed by atoms with Crippen LogP contribution in [-0.2, 0) is 28.6 Å². The number of hydrogen-bond acceptors (Lipinski definition) is 6. The second kappa shape index (κ2) is 49.5. The molecule has 0 aliphatic carbocycles. The van der Waals surface area contributed by atoms with Crippen molar-refractivity contribution in [3.63, 3.8) is 0 Å². The molecular formula is C55H94O6. The van der Waals surface area contributed by atoms with E-state index in [-0.39, 0.29) is 37.5 Å². The van der Waals surface area contributed by atoms with Crippen molar-refractivity contribution in [3.8, 4) is 0 Å². The maximum atomic E-state index is 12.8. The highest BCUT2D eigenvalue weighted by molar-refractivity contribution is 5.71. The smallest absolute Gasteiger partial charge is 0.306 e. The number of unbranched alkanes of at least 4 members (excludes halogenated alkanes) is 22. The average Bonchev–Trinajstić information content (AvgIpc) is 3.26. The zero-order valence-electron chi connectivity index (χ0n) is 39.9. The van der Waals surface area contributed by atoms with E-state index in [1.54, 1.807) is 0 Å². The molecule has 0 saturated heterocycles. The lowest BCUT2D eigenvalue weighted by atomic mass is 10.0. The van der Waals surface area contributed by atoms with E-state index >= 15 is 0 Å². The largest absolute Gasteiger partial charge is 0.462 e. The minimum absolute atomic E-state index is 0.101. The van der Waals surface area contributed by atoms with Crippen LogP contribution in [0, 0.1) is 0 Å². The Bertz CT molecular complexity index is 1160. The normalized spacial score (nSPS) is 12.6. The molecule has 0 aromatic carbocycles. The summed E-state index contributed by atoms with van der Waals surface area (Å²) in [5, 5.41) is 0. The van der Waals surface area contributed by atoms with E-state index in [0.717, 1.165) is 83.5 Å². The van der Waals surface area contributed by atoms with Gasteiger partial charge in [0.15, 0.2) is 6.10 Å². The lowest BCUT2D eigenvalue weighted by Gasteiger charge is -2.18. The first kappa shape index (κ1) is 57.9. The summed E-state index contributed by atoms with van der Waals surface area (Å²) in [7, 11) is 0. The molecule has 350 valence electrons. The zero-order chi connectivity index (χ0) is 44.4. The summed E-state index contributed by atoms with van der Waals surface area (Å²) in [4.78, 5) is 37.9. The number of allylic oxidation sites excluding steroid dienone is 12. The number of carbonyl (C=O) groups is 3. The number of hydrogen-bond donors (Lipinski definition) is 0. The van der Waals surface area contributed by atoms with Crippen molar-refractivity contribution in [2.75, 3.05) is 13.2 Å². The third-order valence-corrected chi connectivity index (χ3v) is 10.7. The van der Waals surface area contributed by atoms with E-state index in [1.165, 1.54) is 109 Å². The van der Waals surface area contributed by atoms with Crippen molar-refractivity contribution in [3.05, 3.63) is 72.9 Å². The van der Waals surface area contributed by atoms with Crippen molar-refractivity contribution in [1.82, 2.24) is 0 Å². The summed E-state index contributed by atoms with van der Waals surface area (Å²) in [6.45, 7) is 6.42. The Kier molecular flexibility index (Phi) is 46.9. The van der Waals surface area contributed by atoms with E-state index < -0.39 is 6.10 Å². The van der Waals surface area contributed by atoms with Crippen LogP contribution < -0.4 is 0 Å². The van der Waals surface area contributed by atoms with Gasteiger partial charge in [-0.25, -0.2) is 0 Å². The quantitative estimate of drug-likeness (QED) is 0.0263. The molecule has 61 heavy (non-hydrogen) atoms. The van der Waals surface area contributed by atoms with Crippen molar-refractivity contribution in [2.45, 2.75) is 245 Å². The van der Waals surface area contributed by atoms with Gasteiger partial charge in [-0.05, 0) is 70.6 Å². The van der Waals surface area contributed by atoms with Crippen LogP contribution in [0.25, 0.3) is 0 Å². The Labute approximate surface area is 376 Å². The second-order valence-corrected chi connectivity index (χ2v) is 16.7. The Hall–Kier alpha value is -3.15. The van der Waals surface area contributed by atoms with Crippen molar-refractivity contribution in [2.24, 2.45) is 0 Å². The summed E-state index contributed by atoms with van der Waals surface area (Å²) in [6, 6.07) is 0. The first-order valence-corrected chi connectivity index (χ1v) is 25.4. The minimum Gasteiger partial charge on any atom is -0.462 e. The van der Waals surface area contributed by atoms with Gasteiger partial charge in [0.25, 0.3) is 0 Å². The first-order chi connectivity index (χ1) is 30.0. The van der Waals surface area contributed by atoms with Crippen LogP contribution in [-0.4, -0.2) is 37.2 Å². The maximum absolute atomic E-state index is 12.8. The standard InChI is InChI=1S/C55H94O6/c1-4-7-10-13-16-19-22-24-26-28-30-33-36-39-42-45-48-54(57)60-51-52(50-59-53(56)47-44-41-38-35-32-21-18-15-12-9-6-3)61-55(58)49-46-43-40-37-34-31-29-27-25-23-20-17-14-11-8-5-2/h7,10,15-16,18-19,24,26,30,33,39,42,52H,4-6,8-9,11-14,17,20-23,25,27-29,31-32,34-38,40-41,43-51H2,1-3H3/b10-7-,18-15-,19-16-,26-24-,33-30-,42-39-. The molecule has 1 atom stereocenters. The molecule has 0 aromatic heterocycles. The van der Waals surface area contributed by atoms with Crippen LogP contribution in [0.1, 0.15) is 239 Å². The SMILES string of the molecule is CC/C=C\C/C=C\C/C=C\C/C=C\C/C=C\CCC(=O)OCC(COC(=O)CCCCCCC/C=C\CCCC)OC(=O)CCCCCCCCCCCCCCCCCC. The van der Waals surface area contributed by atoms with Gasteiger partial charge >= 0.3 is 17.9 Å². The first-order valence-electron chi connectivity index (χ1n) is 25.4. The predicted molar refractivity (Wildman–Crippen MR) is 261 cm³/mol. The molecule has 0 fully saturated rings. The fourth-order valence-corrected chi connectivity index (χ4v) is 6.88. The van der Waals surface area contributed by atoms with Crippen LogP contribution in [0.4, 0.5) is 0 Å². The molecule has 6 nitrogen and oxygen atoms in total. The highest BCUT2D eigenvalue weighted by atomic mass is 16.6. The topological polar surface area (TPSA) is 78.9 Å². The molecule has 1 unspecified atom stereocenters. The van der Waals surface area contributed by atoms with Gasteiger partial charge in [0, 0.05) is 19.3 Å². The van der Waals surface area contributed by atoms with Crippen LogP contribution >= 0.6 is 0 Å². The number of rotatable bonds is 45. The molecule has 0 spiro atoms. The number of ether oxygens (including phenoxy) is 3. The zero-order valence-corrected chi connectivity index (χ0v) is 39.9. The third kappa shape index (κ3) is 47.7. The molecule has 0 aromatic rings. The van der Waals surface area contributed by atoms with Crippen molar-refractivity contribution >= 4 is 17.9 Å². The van der Waals surface area contributed by atoms with Crippen LogP contribution in [0.2, 0.25) is 0 Å². The summed E-state index contributed by atoms with van der Waals surface area (Å²) in [5.74, 6) is -0.994. The fraction of sp³-hybridized carbons (Fsp3) is 0.727. The van der Waals surface area contributed by atoms with Gasteiger partial charge in [0.2, 0.25) is 0 Å². The molecular weight excluding hydrogens is 757 g/mol. The molecule has 0 heterocycles. The predicted octanol–water partition coefficient (Wildman–Crippen LogP) is 16.6. The van der Waals surface area contributed by atoms with Gasteiger partial charge in [0.1, 0.15) is 13.2 Å². The summed E-state index contributed by atoms with van der Waals surface area (Å²) >= 11 is 0. The van der Waals surface area contributed by atoms with Gasteiger partial charge < -0.3 is 14.2 Å². The summed E-state index contributed by atoms with van der Waals surface area (Å²) in [5.41, 5.74) is 0. The molecule has 0 saturated carbocycles. The van der Waals surface area contributed by atoms with E-state index in [2.05, 4.69) is 87.6 Å². The fourth-order valence-electron chi connectivity index (χ4n) is 6.88. The van der Waals surface area contributed by atoms with Gasteiger partial charge in [-0.1, -0.05) is 222 Å². The van der Waals surface area contributed by atoms with Gasteiger partial charge in [-0.15, -0.1) is 0 Å². The highest BCUT2D eigenvalue weighted by Gasteiger charge is 2.19. The van der Waals surface area contributed by atoms with Crippen LogP contribution in [0.3, 0.4) is 0 Å². The summed E-state index contributed by atoms with van der Waals surface area (Å²) < 4.78 is 16.7. The van der Waals surface area contributed by atoms with E-state index in [4.69, 9.17) is 14.2 Å². The Morgan fingerprint density at radius 3 is 1.15 bits per heavy atom. The molecule has 0 amide bonds. The Morgan fingerprint density at radius 1 is 0.344 bits per heavy atom. The molecule has 0 radical (unpaired) electrons. The average molecular weight is 851 g/mol. The van der Waals surface area contributed by atoms with E-state index in [9.17, 15) is 14.4 Å². The number of esters is 3. The van der Waals surface area contributed by atoms with E-state index in [0.29, 0.717) is 19.3 Å². The van der Waals surface area contributed by atoms with Gasteiger partial charge in [-0.3, -0.25) is 14.4 Å². The van der Waals surface area contributed by atoms with Gasteiger partial charge in [-0.2, -0.15) is 0 Å². The number of carbonyl (C=O) groups excluding carboxylic acids is 3. The molecule has 0 rings (SSSR count). The third-order valence-electron chi connectivity index (χ3n) is 10.7. The van der Waals surface area contributed by atoms with Crippen LogP contribution in [0.5, 0.6) is 0 Å². The lowest BCUT2D eigenvalue weighted by Crippen LogP contribution is -2.30. The van der Waals surface area contributed by atoms with Crippen molar-refractivity contribution < 1.29 is 28.6 Å². The van der Waals surface area contributed by atoms with Crippen LogP contribution in [0.15, 0.2) is 72.9 Å². The highest BCUT2D eigenvalue weighted by Crippen LogP contribution is 2.15. The monoisotopic (exact) mass is 851 g/mol. The lowest BCUT2D eigenvalue weighted by molar-refractivity contribution is -0.166. The summed E-state index contributed by atoms with van der Waals surface area (Å²) in [6.07, 6.45) is 61.8.